The lowest BCUT2D eigenvalue weighted by Crippen LogP contribution is -2.38. The van der Waals surface area contributed by atoms with Crippen molar-refractivity contribution in [2.45, 2.75) is 30.2 Å². The van der Waals surface area contributed by atoms with E-state index in [0.717, 1.165) is 12.8 Å². The molecular weight excluding hydrogens is 369 g/mol. The normalized spacial score (nSPS) is 18.7. The number of aromatic nitrogens is 4. The van der Waals surface area contributed by atoms with Crippen molar-refractivity contribution in [3.63, 3.8) is 0 Å². The molecule has 0 aliphatic carbocycles. The highest BCUT2D eigenvalue weighted by molar-refractivity contribution is 7.89. The molecule has 9 heteroatoms. The highest BCUT2D eigenvalue weighted by atomic mass is 32.2. The molecule has 1 saturated heterocycles. The maximum atomic E-state index is 13.5. The molecule has 27 heavy (non-hydrogen) atoms. The van der Waals surface area contributed by atoms with Crippen molar-refractivity contribution in [3.8, 4) is 11.3 Å². The molecule has 0 unspecified atom stereocenters. The quantitative estimate of drug-likeness (QED) is 0.744. The molecule has 3 aromatic rings. The Morgan fingerprint density at radius 2 is 2.11 bits per heavy atom. The van der Waals surface area contributed by atoms with Crippen molar-refractivity contribution < 1.29 is 12.8 Å². The average molecular weight is 389 g/mol. The van der Waals surface area contributed by atoms with Gasteiger partial charge >= 0.3 is 0 Å². The number of imidazole rings is 1. The first kappa shape index (κ1) is 17.9. The second-order valence-corrected chi connectivity index (χ2v) is 8.56. The fourth-order valence-corrected chi connectivity index (χ4v) is 5.09. The first-order chi connectivity index (χ1) is 12.9. The summed E-state index contributed by atoms with van der Waals surface area (Å²) in [6.07, 6.45) is 6.87. The molecule has 0 amide bonds. The van der Waals surface area contributed by atoms with Gasteiger partial charge in [0.1, 0.15) is 16.5 Å². The monoisotopic (exact) mass is 389 g/mol. The predicted molar refractivity (Wildman–Crippen MR) is 97.7 cm³/mol. The molecule has 2 aromatic heterocycles. The maximum Gasteiger partial charge on any atom is 0.246 e. The summed E-state index contributed by atoms with van der Waals surface area (Å²) in [4.78, 5) is 7.76. The molecule has 1 aliphatic rings. The first-order valence-electron chi connectivity index (χ1n) is 8.76. The minimum atomic E-state index is -3.67. The van der Waals surface area contributed by atoms with Crippen LogP contribution in [0.4, 0.5) is 4.39 Å². The summed E-state index contributed by atoms with van der Waals surface area (Å²) in [6.45, 7) is 0.428. The van der Waals surface area contributed by atoms with Gasteiger partial charge in [-0.3, -0.25) is 4.68 Å². The minimum Gasteiger partial charge on any atom is -0.341 e. The first-order valence-corrected chi connectivity index (χ1v) is 10.2. The van der Waals surface area contributed by atoms with Gasteiger partial charge in [-0.15, -0.1) is 0 Å². The van der Waals surface area contributed by atoms with Crippen molar-refractivity contribution in [1.82, 2.24) is 24.1 Å². The van der Waals surface area contributed by atoms with Crippen LogP contribution in [-0.2, 0) is 17.1 Å². The smallest absolute Gasteiger partial charge is 0.246 e. The van der Waals surface area contributed by atoms with Gasteiger partial charge in [-0.05, 0) is 25.0 Å². The third-order valence-electron chi connectivity index (χ3n) is 4.79. The number of hydrogen-bond acceptors (Lipinski definition) is 4. The van der Waals surface area contributed by atoms with Crippen molar-refractivity contribution in [1.29, 1.82) is 0 Å². The number of rotatable bonds is 4. The van der Waals surface area contributed by atoms with Crippen LogP contribution in [-0.4, -0.2) is 39.0 Å². The molecule has 1 fully saturated rings. The third kappa shape index (κ3) is 3.40. The molecule has 0 spiro atoms. The molecule has 1 atom stereocenters. The van der Waals surface area contributed by atoms with Crippen LogP contribution in [0.1, 0.15) is 31.1 Å². The van der Waals surface area contributed by atoms with E-state index < -0.39 is 10.0 Å². The topological polar surface area (TPSA) is 83.9 Å². The number of aryl methyl sites for hydroxylation is 1. The lowest BCUT2D eigenvalue weighted by atomic mass is 10.0. The lowest BCUT2D eigenvalue weighted by molar-refractivity contribution is 0.247. The van der Waals surface area contributed by atoms with Crippen molar-refractivity contribution in [3.05, 3.63) is 54.5 Å². The van der Waals surface area contributed by atoms with E-state index >= 15 is 0 Å². The summed E-state index contributed by atoms with van der Waals surface area (Å²) in [5.74, 6) is 0.239. The Balaban J connectivity index is 1.67. The molecule has 1 aliphatic heterocycles. The van der Waals surface area contributed by atoms with Crippen LogP contribution in [0, 0.1) is 5.82 Å². The Morgan fingerprint density at radius 1 is 1.26 bits per heavy atom. The van der Waals surface area contributed by atoms with Gasteiger partial charge in [0.15, 0.2) is 0 Å². The van der Waals surface area contributed by atoms with Crippen molar-refractivity contribution in [2.24, 2.45) is 7.05 Å². The number of H-pyrrole nitrogens is 1. The van der Waals surface area contributed by atoms with E-state index in [2.05, 4.69) is 15.1 Å². The summed E-state index contributed by atoms with van der Waals surface area (Å²) < 4.78 is 42.6. The van der Waals surface area contributed by atoms with E-state index in [9.17, 15) is 12.8 Å². The lowest BCUT2D eigenvalue weighted by Gasteiger charge is -2.33. The zero-order valence-electron chi connectivity index (χ0n) is 14.8. The molecule has 1 aromatic carbocycles. The average Bonchev–Trinajstić information content (AvgIpc) is 3.31. The highest BCUT2D eigenvalue weighted by Gasteiger charge is 2.36. The molecule has 4 rings (SSSR count). The number of piperidine rings is 1. The second kappa shape index (κ2) is 6.90. The molecule has 0 bridgehead atoms. The Bertz CT molecular complexity index is 1060. The largest absolute Gasteiger partial charge is 0.341 e. The molecule has 3 heterocycles. The standard InChI is InChI=1S/C18H20FN5O2S/c1-23-12-15(10-21-23)27(25,26)24-8-3-2-7-17(24)18-20-11-16(22-18)13-5-4-6-14(19)9-13/h4-6,9-12,17H,2-3,7-8H2,1H3,(H,20,22)/t17-/m1/s1. The molecule has 0 radical (unpaired) electrons. The number of sulfonamides is 1. The van der Waals surface area contributed by atoms with Crippen LogP contribution in [0.2, 0.25) is 0 Å². The highest BCUT2D eigenvalue weighted by Crippen LogP contribution is 2.34. The molecule has 7 nitrogen and oxygen atoms in total. The number of aromatic amines is 1. The Hall–Kier alpha value is -2.52. The number of benzene rings is 1. The third-order valence-corrected chi connectivity index (χ3v) is 6.65. The fourth-order valence-electron chi connectivity index (χ4n) is 3.44. The number of nitrogens with zero attached hydrogens (tertiary/aromatic N) is 4. The summed E-state index contributed by atoms with van der Waals surface area (Å²) in [5.41, 5.74) is 1.33. The number of nitrogens with one attached hydrogen (secondary N) is 1. The van der Waals surface area contributed by atoms with E-state index in [1.165, 1.54) is 33.5 Å². The zero-order chi connectivity index (χ0) is 19.0. The molecule has 142 valence electrons. The van der Waals surface area contributed by atoms with Gasteiger partial charge in [0.25, 0.3) is 0 Å². The summed E-state index contributed by atoms with van der Waals surface area (Å²) in [5, 5.41) is 3.98. The van der Waals surface area contributed by atoms with Crippen molar-refractivity contribution >= 4 is 10.0 Å². The van der Waals surface area contributed by atoms with Gasteiger partial charge in [0.05, 0.1) is 24.1 Å². The van der Waals surface area contributed by atoms with Crippen LogP contribution in [0.15, 0.2) is 47.8 Å². The van der Waals surface area contributed by atoms with Crippen LogP contribution >= 0.6 is 0 Å². The molecular formula is C18H20FN5O2S. The van der Waals surface area contributed by atoms with Gasteiger partial charge < -0.3 is 4.98 Å². The van der Waals surface area contributed by atoms with Crippen LogP contribution in [0.5, 0.6) is 0 Å². The Kier molecular flexibility index (Phi) is 4.56. The molecule has 0 saturated carbocycles. The Morgan fingerprint density at radius 3 is 2.85 bits per heavy atom. The van der Waals surface area contributed by atoms with Crippen LogP contribution in [0.3, 0.4) is 0 Å². The van der Waals surface area contributed by atoms with E-state index in [0.29, 0.717) is 30.0 Å². The SMILES string of the molecule is Cn1cc(S(=O)(=O)N2CCCC[C@@H]2c2ncc(-c3cccc(F)c3)[nH]2)cn1. The van der Waals surface area contributed by atoms with Gasteiger partial charge in [0.2, 0.25) is 10.0 Å². The minimum absolute atomic E-state index is 0.175. The second-order valence-electron chi connectivity index (χ2n) is 6.67. The number of halogens is 1. The van der Waals surface area contributed by atoms with Gasteiger partial charge in [-0.1, -0.05) is 18.6 Å². The van der Waals surface area contributed by atoms with E-state index in [4.69, 9.17) is 0 Å². The molecule has 1 N–H and O–H groups in total. The van der Waals surface area contributed by atoms with Crippen molar-refractivity contribution in [2.75, 3.05) is 6.54 Å². The van der Waals surface area contributed by atoms with Gasteiger partial charge in [-0.25, -0.2) is 17.8 Å². The van der Waals surface area contributed by atoms with Gasteiger partial charge in [0, 0.05) is 25.4 Å². The summed E-state index contributed by atoms with van der Waals surface area (Å²) >= 11 is 0. The fraction of sp³-hybridized carbons (Fsp3) is 0.333. The van der Waals surface area contributed by atoms with Gasteiger partial charge in [-0.2, -0.15) is 9.40 Å². The van der Waals surface area contributed by atoms with E-state index in [1.807, 2.05) is 0 Å². The van der Waals surface area contributed by atoms with Crippen LogP contribution < -0.4 is 0 Å². The zero-order valence-corrected chi connectivity index (χ0v) is 15.7. The summed E-state index contributed by atoms with van der Waals surface area (Å²) in [6, 6.07) is 5.83. The van der Waals surface area contributed by atoms with E-state index in [1.54, 1.807) is 25.4 Å². The summed E-state index contributed by atoms with van der Waals surface area (Å²) in [7, 11) is -1.99. The maximum absolute atomic E-state index is 13.5. The predicted octanol–water partition coefficient (Wildman–Crippen LogP) is 2.87. The Labute approximate surface area is 156 Å². The van der Waals surface area contributed by atoms with Crippen LogP contribution in [0.25, 0.3) is 11.3 Å². The number of hydrogen-bond donors (Lipinski definition) is 1. The van der Waals surface area contributed by atoms with E-state index in [-0.39, 0.29) is 16.8 Å².